The van der Waals surface area contributed by atoms with Gasteiger partial charge >= 0.3 is 0 Å². The van der Waals surface area contributed by atoms with E-state index in [1.54, 1.807) is 24.6 Å². The number of thiophene rings is 1. The summed E-state index contributed by atoms with van der Waals surface area (Å²) < 4.78 is 0. The zero-order valence-electron chi connectivity index (χ0n) is 8.14. The van der Waals surface area contributed by atoms with Crippen LogP contribution >= 0.6 is 11.3 Å². The Morgan fingerprint density at radius 3 is 2.86 bits per heavy atom. The van der Waals surface area contributed by atoms with Crippen LogP contribution in [0.1, 0.15) is 22.2 Å². The molecule has 2 heterocycles. The van der Waals surface area contributed by atoms with Crippen LogP contribution in [0, 0.1) is 6.92 Å². The lowest BCUT2D eigenvalue weighted by atomic mass is 10.1. The molecule has 0 saturated carbocycles. The van der Waals surface area contributed by atoms with Gasteiger partial charge < -0.3 is 5.73 Å². The Balaban J connectivity index is 2.28. The number of rotatable bonds is 2. The second-order valence-electron chi connectivity index (χ2n) is 3.23. The highest BCUT2D eigenvalue weighted by molar-refractivity contribution is 7.10. The van der Waals surface area contributed by atoms with E-state index in [4.69, 9.17) is 5.73 Å². The first-order valence-electron chi connectivity index (χ1n) is 4.33. The highest BCUT2D eigenvalue weighted by Crippen LogP contribution is 2.22. The first-order chi connectivity index (χ1) is 6.66. The summed E-state index contributed by atoms with van der Waals surface area (Å²) in [6, 6.07) is 1.93. The molecule has 0 aliphatic heterocycles. The number of hydrogen-bond acceptors (Lipinski definition) is 4. The molecule has 0 aliphatic carbocycles. The van der Waals surface area contributed by atoms with Gasteiger partial charge in [0, 0.05) is 11.9 Å². The monoisotopic (exact) mass is 208 g/mol. The van der Waals surface area contributed by atoms with E-state index in [0.717, 1.165) is 11.3 Å². The van der Waals surface area contributed by atoms with Crippen molar-refractivity contribution in [3.05, 3.63) is 33.8 Å². The molecule has 0 saturated heterocycles. The Morgan fingerprint density at radius 2 is 2.36 bits per heavy atom. The van der Waals surface area contributed by atoms with Crippen molar-refractivity contribution in [2.75, 3.05) is 0 Å². The maximum Gasteiger partial charge on any atom is 0.104 e. The standard InChI is InChI=1S/C9H12N4S/c1-6-3-7(5-14-6)9(10)8-4-11-13(2)12-8/h3-5,9H,10H2,1-2H3. The van der Waals surface area contributed by atoms with Gasteiger partial charge in [0.15, 0.2) is 0 Å². The first kappa shape index (κ1) is 9.36. The van der Waals surface area contributed by atoms with Crippen molar-refractivity contribution in [1.29, 1.82) is 0 Å². The van der Waals surface area contributed by atoms with Crippen molar-refractivity contribution in [2.24, 2.45) is 12.8 Å². The summed E-state index contributed by atoms with van der Waals surface area (Å²) in [5.41, 5.74) is 7.95. The Hall–Kier alpha value is -1.20. The van der Waals surface area contributed by atoms with E-state index in [9.17, 15) is 0 Å². The average Bonchev–Trinajstić information content (AvgIpc) is 2.73. The molecule has 0 aromatic carbocycles. The van der Waals surface area contributed by atoms with Crippen molar-refractivity contribution in [1.82, 2.24) is 15.0 Å². The quantitative estimate of drug-likeness (QED) is 0.807. The lowest BCUT2D eigenvalue weighted by Gasteiger charge is -2.04. The lowest BCUT2D eigenvalue weighted by Crippen LogP contribution is -2.11. The van der Waals surface area contributed by atoms with E-state index in [2.05, 4.69) is 28.6 Å². The summed E-state index contributed by atoms with van der Waals surface area (Å²) in [6.45, 7) is 2.07. The summed E-state index contributed by atoms with van der Waals surface area (Å²) in [6.07, 6.45) is 1.71. The number of aryl methyl sites for hydroxylation is 2. The Kier molecular flexibility index (Phi) is 2.35. The van der Waals surface area contributed by atoms with E-state index >= 15 is 0 Å². The third-order valence-corrected chi connectivity index (χ3v) is 2.93. The molecule has 0 aliphatic rings. The van der Waals surface area contributed by atoms with E-state index in [1.165, 1.54) is 9.67 Å². The van der Waals surface area contributed by atoms with Crippen LogP contribution in [0.25, 0.3) is 0 Å². The summed E-state index contributed by atoms with van der Waals surface area (Å²) in [7, 11) is 1.79. The molecule has 1 unspecified atom stereocenters. The summed E-state index contributed by atoms with van der Waals surface area (Å²) in [5.74, 6) is 0. The molecule has 1 atom stereocenters. The fourth-order valence-electron chi connectivity index (χ4n) is 1.30. The zero-order valence-corrected chi connectivity index (χ0v) is 8.95. The first-order valence-corrected chi connectivity index (χ1v) is 5.21. The third kappa shape index (κ3) is 1.69. The molecule has 2 aromatic rings. The molecule has 0 amide bonds. The van der Waals surface area contributed by atoms with Crippen molar-refractivity contribution < 1.29 is 0 Å². The Bertz CT molecular complexity index is 391. The van der Waals surface area contributed by atoms with E-state index in [1.807, 2.05) is 0 Å². The van der Waals surface area contributed by atoms with E-state index in [0.29, 0.717) is 0 Å². The minimum absolute atomic E-state index is 0.159. The predicted molar refractivity (Wildman–Crippen MR) is 56.1 cm³/mol. The Labute approximate surface area is 86.4 Å². The van der Waals surface area contributed by atoms with E-state index in [-0.39, 0.29) is 6.04 Å². The molecule has 2 rings (SSSR count). The molecule has 0 bridgehead atoms. The minimum Gasteiger partial charge on any atom is -0.319 e. The number of nitrogens with two attached hydrogens (primary N) is 1. The summed E-state index contributed by atoms with van der Waals surface area (Å²) >= 11 is 1.70. The topological polar surface area (TPSA) is 56.7 Å². The number of nitrogens with zero attached hydrogens (tertiary/aromatic N) is 3. The van der Waals surface area contributed by atoms with Crippen molar-refractivity contribution >= 4 is 11.3 Å². The van der Waals surface area contributed by atoms with Gasteiger partial charge in [0.2, 0.25) is 0 Å². The molecule has 5 heteroatoms. The van der Waals surface area contributed by atoms with Gasteiger partial charge in [-0.3, -0.25) is 0 Å². The second-order valence-corrected chi connectivity index (χ2v) is 4.34. The van der Waals surface area contributed by atoms with Gasteiger partial charge in [-0.05, 0) is 23.9 Å². The highest BCUT2D eigenvalue weighted by Gasteiger charge is 2.13. The zero-order chi connectivity index (χ0) is 10.1. The Morgan fingerprint density at radius 1 is 1.57 bits per heavy atom. The van der Waals surface area contributed by atoms with Crippen molar-refractivity contribution in [3.8, 4) is 0 Å². The molecular weight excluding hydrogens is 196 g/mol. The third-order valence-electron chi connectivity index (χ3n) is 2.05. The van der Waals surface area contributed by atoms with Crippen LogP contribution in [0.4, 0.5) is 0 Å². The van der Waals surface area contributed by atoms with Crippen LogP contribution in [-0.2, 0) is 7.05 Å². The molecule has 4 nitrogen and oxygen atoms in total. The van der Waals surface area contributed by atoms with E-state index < -0.39 is 0 Å². The molecule has 2 N–H and O–H groups in total. The maximum absolute atomic E-state index is 6.03. The molecule has 2 aromatic heterocycles. The molecule has 14 heavy (non-hydrogen) atoms. The minimum atomic E-state index is -0.159. The fourth-order valence-corrected chi connectivity index (χ4v) is 2.04. The van der Waals surface area contributed by atoms with Gasteiger partial charge in [-0.15, -0.1) is 11.3 Å². The molecule has 0 radical (unpaired) electrons. The smallest absolute Gasteiger partial charge is 0.104 e. The largest absolute Gasteiger partial charge is 0.319 e. The lowest BCUT2D eigenvalue weighted by molar-refractivity contribution is 0.637. The second kappa shape index (κ2) is 3.51. The molecular formula is C9H12N4S. The average molecular weight is 208 g/mol. The predicted octanol–water partition coefficient (Wildman–Crippen LogP) is 1.23. The summed E-state index contributed by atoms with van der Waals surface area (Å²) in [4.78, 5) is 2.79. The van der Waals surface area contributed by atoms with Crippen LogP contribution in [0.3, 0.4) is 0 Å². The SMILES string of the molecule is Cc1cc(C(N)c2cnn(C)n2)cs1. The number of aromatic nitrogens is 3. The van der Waals surface area contributed by atoms with Crippen LogP contribution in [-0.4, -0.2) is 15.0 Å². The maximum atomic E-state index is 6.03. The highest BCUT2D eigenvalue weighted by atomic mass is 32.1. The van der Waals surface area contributed by atoms with Gasteiger partial charge in [-0.2, -0.15) is 15.0 Å². The van der Waals surface area contributed by atoms with Gasteiger partial charge in [0.1, 0.15) is 5.69 Å². The number of hydrogen-bond donors (Lipinski definition) is 1. The van der Waals surface area contributed by atoms with Crippen LogP contribution in [0.5, 0.6) is 0 Å². The van der Waals surface area contributed by atoms with Gasteiger partial charge in [-0.25, -0.2) is 0 Å². The molecule has 0 fully saturated rings. The van der Waals surface area contributed by atoms with Crippen LogP contribution in [0.2, 0.25) is 0 Å². The molecule has 0 spiro atoms. The van der Waals surface area contributed by atoms with Gasteiger partial charge in [-0.1, -0.05) is 0 Å². The normalized spacial score (nSPS) is 13.1. The van der Waals surface area contributed by atoms with Gasteiger partial charge in [0.05, 0.1) is 12.2 Å². The van der Waals surface area contributed by atoms with Crippen molar-refractivity contribution in [3.63, 3.8) is 0 Å². The molecule has 74 valence electrons. The summed E-state index contributed by atoms with van der Waals surface area (Å²) in [5, 5.41) is 10.2. The van der Waals surface area contributed by atoms with Gasteiger partial charge in [0.25, 0.3) is 0 Å². The van der Waals surface area contributed by atoms with Crippen molar-refractivity contribution in [2.45, 2.75) is 13.0 Å². The fraction of sp³-hybridized carbons (Fsp3) is 0.333. The van der Waals surface area contributed by atoms with Crippen LogP contribution < -0.4 is 5.73 Å². The van der Waals surface area contributed by atoms with Crippen LogP contribution in [0.15, 0.2) is 17.6 Å².